The van der Waals surface area contributed by atoms with Gasteiger partial charge in [-0.2, -0.15) is 0 Å². The molecule has 0 saturated carbocycles. The number of alkyl halides is 1. The van der Waals surface area contributed by atoms with Gasteiger partial charge in [0.1, 0.15) is 0 Å². The van der Waals surface area contributed by atoms with E-state index in [1.807, 2.05) is 0 Å². The topological polar surface area (TPSA) is 3.24 Å². The molecule has 0 aromatic heterocycles. The molecule has 0 N–H and O–H groups in total. The molecule has 1 nitrogen and oxygen atoms in total. The Morgan fingerprint density at radius 1 is 1.54 bits per heavy atom. The maximum atomic E-state index is 5.80. The van der Waals surface area contributed by atoms with Crippen molar-refractivity contribution in [3.8, 4) is 0 Å². The largest absolute Gasteiger partial charge is 0.303 e. The van der Waals surface area contributed by atoms with Gasteiger partial charge < -0.3 is 4.90 Å². The molecule has 13 heavy (non-hydrogen) atoms. The predicted molar refractivity (Wildman–Crippen MR) is 59.3 cm³/mol. The molecule has 0 radical (unpaired) electrons. The van der Waals surface area contributed by atoms with Gasteiger partial charge in [-0.05, 0) is 31.2 Å². The first-order chi connectivity index (χ1) is 6.26. The first kappa shape index (κ1) is 11.3. The van der Waals surface area contributed by atoms with Crippen LogP contribution >= 0.6 is 11.6 Å². The summed E-state index contributed by atoms with van der Waals surface area (Å²) in [7, 11) is 0. The zero-order chi connectivity index (χ0) is 9.68. The maximum Gasteiger partial charge on any atom is 0.0261 e. The average molecular weight is 204 g/mol. The molecule has 1 aliphatic heterocycles. The van der Waals surface area contributed by atoms with E-state index >= 15 is 0 Å². The number of rotatable bonds is 5. The summed E-state index contributed by atoms with van der Waals surface area (Å²) in [4.78, 5) is 2.58. The fraction of sp³-hybridized carbons (Fsp3) is 1.00. The van der Waals surface area contributed by atoms with Gasteiger partial charge in [0, 0.05) is 19.0 Å². The molecular formula is C11H22ClN. The van der Waals surface area contributed by atoms with E-state index in [9.17, 15) is 0 Å². The molecule has 1 fully saturated rings. The van der Waals surface area contributed by atoms with Crippen LogP contribution in [0.2, 0.25) is 0 Å². The predicted octanol–water partition coefficient (Wildman–Crippen LogP) is 2.98. The quantitative estimate of drug-likeness (QED) is 0.621. The fourth-order valence-corrected chi connectivity index (χ4v) is 2.31. The second kappa shape index (κ2) is 5.87. The second-order valence-electron chi connectivity index (χ2n) is 4.46. The standard InChI is InChI=1S/C11H22ClN/c1-3-4-11-5-6-13(9-11)8-10(2)7-12/h10-11H,3-9H2,1-2H3. The monoisotopic (exact) mass is 203 g/mol. The van der Waals surface area contributed by atoms with E-state index in [2.05, 4.69) is 18.7 Å². The van der Waals surface area contributed by atoms with Crippen molar-refractivity contribution in [1.29, 1.82) is 0 Å². The lowest BCUT2D eigenvalue weighted by atomic mass is 10.0. The van der Waals surface area contributed by atoms with Gasteiger partial charge >= 0.3 is 0 Å². The van der Waals surface area contributed by atoms with Crippen LogP contribution in [0.3, 0.4) is 0 Å². The molecule has 2 atom stereocenters. The van der Waals surface area contributed by atoms with Crippen LogP contribution in [0, 0.1) is 11.8 Å². The molecule has 1 rings (SSSR count). The van der Waals surface area contributed by atoms with Crippen molar-refractivity contribution < 1.29 is 0 Å². The minimum Gasteiger partial charge on any atom is -0.303 e. The van der Waals surface area contributed by atoms with E-state index in [1.54, 1.807) is 0 Å². The van der Waals surface area contributed by atoms with Gasteiger partial charge in [-0.1, -0.05) is 20.3 Å². The van der Waals surface area contributed by atoms with E-state index in [0.29, 0.717) is 5.92 Å². The van der Waals surface area contributed by atoms with Crippen molar-refractivity contribution in [3.05, 3.63) is 0 Å². The van der Waals surface area contributed by atoms with Crippen molar-refractivity contribution in [2.75, 3.05) is 25.5 Å². The highest BCUT2D eigenvalue weighted by atomic mass is 35.5. The Balaban J connectivity index is 2.17. The highest BCUT2D eigenvalue weighted by Gasteiger charge is 2.22. The summed E-state index contributed by atoms with van der Waals surface area (Å²) < 4.78 is 0. The van der Waals surface area contributed by atoms with E-state index in [1.165, 1.54) is 38.9 Å². The molecule has 0 amide bonds. The van der Waals surface area contributed by atoms with Crippen LogP contribution in [0.25, 0.3) is 0 Å². The SMILES string of the molecule is CCCC1CCN(CC(C)CCl)C1. The normalized spacial score (nSPS) is 26.5. The molecule has 0 aliphatic carbocycles. The third-order valence-corrected chi connectivity index (χ3v) is 3.43. The van der Waals surface area contributed by atoms with Gasteiger partial charge in [0.15, 0.2) is 0 Å². The summed E-state index contributed by atoms with van der Waals surface area (Å²) in [6.07, 6.45) is 4.15. The zero-order valence-corrected chi connectivity index (χ0v) is 9.69. The summed E-state index contributed by atoms with van der Waals surface area (Å²) in [6, 6.07) is 0. The van der Waals surface area contributed by atoms with Gasteiger partial charge in [-0.15, -0.1) is 11.6 Å². The van der Waals surface area contributed by atoms with Crippen LogP contribution in [0.15, 0.2) is 0 Å². The molecule has 0 spiro atoms. The number of hydrogen-bond acceptors (Lipinski definition) is 1. The van der Waals surface area contributed by atoms with Crippen molar-refractivity contribution in [2.45, 2.75) is 33.1 Å². The number of halogens is 1. The van der Waals surface area contributed by atoms with E-state index in [0.717, 1.165) is 11.8 Å². The summed E-state index contributed by atoms with van der Waals surface area (Å²) in [5, 5.41) is 0. The Labute approximate surface area is 87.4 Å². The van der Waals surface area contributed by atoms with E-state index in [4.69, 9.17) is 11.6 Å². The Bertz CT molecular complexity index is 138. The molecule has 2 unspecified atom stereocenters. The van der Waals surface area contributed by atoms with Gasteiger partial charge in [0.25, 0.3) is 0 Å². The lowest BCUT2D eigenvalue weighted by Gasteiger charge is -2.19. The van der Waals surface area contributed by atoms with Crippen molar-refractivity contribution >= 4 is 11.6 Å². The van der Waals surface area contributed by atoms with Gasteiger partial charge in [0.05, 0.1) is 0 Å². The second-order valence-corrected chi connectivity index (χ2v) is 4.77. The van der Waals surface area contributed by atoms with Crippen molar-refractivity contribution in [2.24, 2.45) is 11.8 Å². The van der Waals surface area contributed by atoms with Crippen molar-refractivity contribution in [1.82, 2.24) is 4.90 Å². The third kappa shape index (κ3) is 3.86. The average Bonchev–Trinajstić information content (AvgIpc) is 2.53. The summed E-state index contributed by atoms with van der Waals surface area (Å²) in [5.41, 5.74) is 0. The molecule has 0 bridgehead atoms. The summed E-state index contributed by atoms with van der Waals surface area (Å²) in [5.74, 6) is 2.42. The van der Waals surface area contributed by atoms with Gasteiger partial charge in [-0.25, -0.2) is 0 Å². The molecule has 0 aromatic carbocycles. The van der Waals surface area contributed by atoms with Gasteiger partial charge in [-0.3, -0.25) is 0 Å². The van der Waals surface area contributed by atoms with Gasteiger partial charge in [0.2, 0.25) is 0 Å². The van der Waals surface area contributed by atoms with E-state index in [-0.39, 0.29) is 0 Å². The molecule has 2 heteroatoms. The maximum absolute atomic E-state index is 5.80. The van der Waals surface area contributed by atoms with Crippen LogP contribution in [-0.2, 0) is 0 Å². The minimum absolute atomic E-state index is 0.655. The highest BCUT2D eigenvalue weighted by Crippen LogP contribution is 2.21. The Hall–Kier alpha value is 0.250. The summed E-state index contributed by atoms with van der Waals surface area (Å²) in [6.45, 7) is 8.33. The molecule has 0 aromatic rings. The molecule has 1 heterocycles. The van der Waals surface area contributed by atoms with Crippen molar-refractivity contribution in [3.63, 3.8) is 0 Å². The van der Waals surface area contributed by atoms with Crippen LogP contribution in [0.5, 0.6) is 0 Å². The Morgan fingerprint density at radius 3 is 2.92 bits per heavy atom. The van der Waals surface area contributed by atoms with Crippen LogP contribution in [0.1, 0.15) is 33.1 Å². The first-order valence-electron chi connectivity index (χ1n) is 5.54. The Kier molecular flexibility index (Phi) is 5.12. The highest BCUT2D eigenvalue weighted by molar-refractivity contribution is 6.18. The number of nitrogens with zero attached hydrogens (tertiary/aromatic N) is 1. The fourth-order valence-electron chi connectivity index (χ4n) is 2.21. The third-order valence-electron chi connectivity index (χ3n) is 2.90. The molecule has 1 saturated heterocycles. The van der Waals surface area contributed by atoms with Crippen LogP contribution < -0.4 is 0 Å². The molecular weight excluding hydrogens is 182 g/mol. The molecule has 1 aliphatic rings. The smallest absolute Gasteiger partial charge is 0.0261 e. The molecule has 78 valence electrons. The lowest BCUT2D eigenvalue weighted by Crippen LogP contribution is -2.27. The minimum atomic E-state index is 0.655. The summed E-state index contributed by atoms with van der Waals surface area (Å²) >= 11 is 5.80. The van der Waals surface area contributed by atoms with Crippen LogP contribution in [-0.4, -0.2) is 30.4 Å². The number of likely N-dealkylation sites (tertiary alicyclic amines) is 1. The van der Waals surface area contributed by atoms with E-state index < -0.39 is 0 Å². The van der Waals surface area contributed by atoms with Crippen LogP contribution in [0.4, 0.5) is 0 Å². The lowest BCUT2D eigenvalue weighted by molar-refractivity contribution is 0.286. The zero-order valence-electron chi connectivity index (χ0n) is 8.93. The Morgan fingerprint density at radius 2 is 2.31 bits per heavy atom. The number of hydrogen-bond donors (Lipinski definition) is 0. The first-order valence-corrected chi connectivity index (χ1v) is 6.08.